The Morgan fingerprint density at radius 3 is 1.30 bits per heavy atom. The number of nitrogens with two attached hydrogens (primary N) is 1. The van der Waals surface area contributed by atoms with Crippen LogP contribution in [0.5, 0.6) is 28.7 Å². The molecule has 610 valence electrons. The average Bonchev–Trinajstić information content (AvgIpc) is 1.45. The largest absolute Gasteiger partial charge is 0.507 e. The van der Waals surface area contributed by atoms with Crippen molar-refractivity contribution >= 4 is 57.2 Å². The molecule has 0 amide bonds. The fourth-order valence-corrected chi connectivity index (χ4v) is 11.7. The number of aryl methyl sites for hydroxylation is 1. The maximum atomic E-state index is 13.4. The van der Waals surface area contributed by atoms with Crippen molar-refractivity contribution in [2.75, 3.05) is 32.2 Å². The summed E-state index contributed by atoms with van der Waals surface area (Å²) in [5.41, 5.74) is 25.0. The zero-order chi connectivity index (χ0) is 86.2. The molecule has 0 aliphatic heterocycles. The summed E-state index contributed by atoms with van der Waals surface area (Å²) in [5.74, 6) is -0.759. The molecule has 14 aromatic rings. The lowest BCUT2D eigenvalue weighted by Gasteiger charge is -2.13. The van der Waals surface area contributed by atoms with E-state index < -0.39 is 32.8 Å². The number of halogens is 2. The predicted octanol–water partition coefficient (Wildman–Crippen LogP) is 13.2. The van der Waals surface area contributed by atoms with E-state index in [1.807, 2.05) is 0 Å². The molecule has 14 rings (SSSR count). The Kier molecular flexibility index (Phi) is 31.8. The first-order chi connectivity index (χ1) is 57.9. The molecule has 6 aromatic carbocycles. The van der Waals surface area contributed by atoms with Crippen molar-refractivity contribution in [1.29, 1.82) is 0 Å². The molecular formula is C81H68ClFN18O18S. The molecule has 0 aliphatic rings. The van der Waals surface area contributed by atoms with Gasteiger partial charge in [-0.05, 0) is 120 Å². The first-order valence-electron chi connectivity index (χ1n) is 35.4. The fourth-order valence-electron chi connectivity index (χ4n) is 10.6. The Balaban J connectivity index is 0.000000168. The Labute approximate surface area is 684 Å². The molecule has 36 nitrogen and oxygen atoms in total. The van der Waals surface area contributed by atoms with Crippen molar-refractivity contribution in [3.63, 3.8) is 0 Å². The van der Waals surface area contributed by atoms with E-state index in [2.05, 4.69) is 30.4 Å². The van der Waals surface area contributed by atoms with E-state index in [0.29, 0.717) is 104 Å². The van der Waals surface area contributed by atoms with E-state index in [1.54, 1.807) is 175 Å². The Morgan fingerprint density at radius 2 is 0.892 bits per heavy atom. The predicted molar refractivity (Wildman–Crippen MR) is 444 cm³/mol. The summed E-state index contributed by atoms with van der Waals surface area (Å²) in [6, 6.07) is 58.3. The monoisotopic (exact) mass is 1670 g/mol. The maximum absolute atomic E-state index is 13.4. The first kappa shape index (κ1) is 87.8. The van der Waals surface area contributed by atoms with Crippen LogP contribution >= 0.6 is 22.9 Å². The lowest BCUT2D eigenvalue weighted by atomic mass is 10.1. The second-order valence-electron chi connectivity index (χ2n) is 24.4. The molecular weight excluding hydrogens is 1600 g/mol. The fraction of sp³-hybridized carbons (Fsp3) is 0.0988. The molecule has 0 saturated heterocycles. The summed E-state index contributed by atoms with van der Waals surface area (Å²) in [5, 5.41) is 82.5. The lowest BCUT2D eigenvalue weighted by molar-refractivity contribution is -0.387. The van der Waals surface area contributed by atoms with E-state index in [1.165, 1.54) is 124 Å². The van der Waals surface area contributed by atoms with E-state index in [0.717, 1.165) is 18.2 Å². The van der Waals surface area contributed by atoms with Crippen LogP contribution in [0.15, 0.2) is 313 Å². The highest BCUT2D eigenvalue weighted by Crippen LogP contribution is 2.33. The maximum Gasteiger partial charge on any atom is 0.310 e. The molecule has 0 unspecified atom stereocenters. The average molecular weight is 1670 g/mol. The van der Waals surface area contributed by atoms with Gasteiger partial charge >= 0.3 is 11.4 Å². The number of thiophene rings is 1. The molecule has 120 heavy (non-hydrogen) atoms. The summed E-state index contributed by atoms with van der Waals surface area (Å²) in [7, 11) is 0. The summed E-state index contributed by atoms with van der Waals surface area (Å²) in [6.07, 6.45) is 12.9. The number of phenolic OH excluding ortho intramolecular Hbond substituents is 3. The zero-order valence-corrected chi connectivity index (χ0v) is 64.1. The van der Waals surface area contributed by atoms with E-state index in [-0.39, 0.29) is 81.8 Å². The van der Waals surface area contributed by atoms with Crippen LogP contribution < -0.4 is 48.6 Å². The topological polar surface area (TPSA) is 509 Å². The number of rotatable bonds is 23. The number of hydrogen-bond donors (Lipinski definition) is 6. The second-order valence-corrected chi connectivity index (χ2v) is 26.1. The number of aliphatic hydroxyl groups excluding tert-OH is 2. The number of azide groups is 2. The van der Waals surface area contributed by atoms with Crippen LogP contribution in [0, 0.1) is 26.0 Å². The molecule has 0 saturated carbocycles. The Bertz CT molecular complexity index is 6220. The highest BCUT2D eigenvalue weighted by Gasteiger charge is 2.19. The molecule has 0 fully saturated rings. The number of benzene rings is 6. The van der Waals surface area contributed by atoms with Crippen LogP contribution in [0.3, 0.4) is 0 Å². The minimum atomic E-state index is -0.969. The number of nitro benzene ring substituents is 2. The van der Waals surface area contributed by atoms with Gasteiger partial charge in [0.1, 0.15) is 28.7 Å². The van der Waals surface area contributed by atoms with Gasteiger partial charge in [0.2, 0.25) is 5.82 Å². The first-order valence-corrected chi connectivity index (χ1v) is 36.6. The Morgan fingerprint density at radius 1 is 0.500 bits per heavy atom. The molecule has 0 bridgehead atoms. The zero-order valence-electron chi connectivity index (χ0n) is 62.5. The molecule has 39 heteroatoms. The third-order valence-electron chi connectivity index (χ3n) is 16.4. The number of pyridine rings is 6. The minimum Gasteiger partial charge on any atom is -0.507 e. The number of hydrogen-bond acceptors (Lipinski definition) is 24. The van der Waals surface area contributed by atoms with Gasteiger partial charge in [0, 0.05) is 171 Å². The van der Waals surface area contributed by atoms with Gasteiger partial charge < -0.3 is 40.7 Å². The summed E-state index contributed by atoms with van der Waals surface area (Å²) in [4.78, 5) is 108. The number of nitrogens with zero attached hydrogens (tertiary/aromatic N) is 17. The van der Waals surface area contributed by atoms with E-state index in [9.17, 15) is 73.5 Å². The number of carbonyl (C=O) groups is 1. The van der Waals surface area contributed by atoms with Gasteiger partial charge in [0.15, 0.2) is 11.5 Å². The quantitative estimate of drug-likeness (QED) is 0.00399. The van der Waals surface area contributed by atoms with Gasteiger partial charge in [-0.3, -0.25) is 81.2 Å². The number of aliphatic hydroxyl groups is 2. The Hall–Kier alpha value is -16.1. The molecule has 0 aliphatic carbocycles. The number of aromatic hydroxyl groups is 3. The highest BCUT2D eigenvalue weighted by molar-refractivity contribution is 7.18. The molecule has 7 N–H and O–H groups in total. The molecule has 0 spiro atoms. The molecule has 0 radical (unpaired) electrons. The van der Waals surface area contributed by atoms with Crippen molar-refractivity contribution in [2.24, 2.45) is 10.2 Å². The van der Waals surface area contributed by atoms with Crippen LogP contribution in [0.2, 0.25) is 4.34 Å². The SMILES string of the molecule is Nc1ccc(-n2ccccc2=O)cc1O.O=C(CCc1cn(-c2ccc(-n3ccccc3=O)cc2OCCCO)nn1)c1ccc(Cl)s1.O=c1ccccn1-c1ccc([N+](=O)[O-])c(F)c1.O=c1ccccn1-c1ccc([N+](=O)[O-])c(O)c1.[N-]=[N+]=Nc1ccc(-n2ccccc2=O)cc1O.[N-]=[N+]=Nc1ccc(-n2ccccc2=O)cc1OCCCO. The van der Waals surface area contributed by atoms with Gasteiger partial charge in [0.25, 0.3) is 33.4 Å². The third-order valence-corrected chi connectivity index (χ3v) is 17.7. The number of ketones is 1. The number of phenols is 3. The third kappa shape index (κ3) is 24.2. The summed E-state index contributed by atoms with van der Waals surface area (Å²) >= 11 is 7.17. The number of nitrogen functional groups attached to an aromatic ring is 1. The van der Waals surface area contributed by atoms with Crippen molar-refractivity contribution in [3.05, 3.63) is 398 Å². The molecule has 0 atom stereocenters. The van der Waals surface area contributed by atoms with Crippen LogP contribution in [0.4, 0.5) is 32.8 Å². The van der Waals surface area contributed by atoms with Crippen molar-refractivity contribution in [1.82, 2.24) is 42.4 Å². The van der Waals surface area contributed by atoms with Crippen LogP contribution in [-0.2, 0) is 6.42 Å². The van der Waals surface area contributed by atoms with E-state index >= 15 is 0 Å². The van der Waals surface area contributed by atoms with Gasteiger partial charge in [0.05, 0.1) is 95.4 Å². The standard InChI is InChI=1S/C23H21ClN4O4S.C14H14N4O3.C11H7FN2O3.C11H8N4O2.C11H8N2O4.C11H10N2O2/c24-22-10-9-21(33-22)19(30)8-5-16-15-28(26-25-16)18-7-6-17(14-20(18)32-13-3-12-29)27-11-2-1-4-23(27)31;15-17-16-12-6-5-11(10-13(12)21-9-3-8-19)18-7-2-1-4-14(18)20;12-9-7-8(4-5-10(9)14(16)17)13-6-2-1-3-11(13)15;12-14-13-9-5-4-8(7-10(9)16)15-6-2-1-3-11(15)17;14-10-7-8(4-5-9(10)13(16)17)12-6-2-1-3-11(12)15;12-9-5-4-8(7-10(9)14)13-6-2-1-3-11(13)15/h1-2,4,6-7,9-11,14-15,29H,3,5,8,12-13H2;1-2,4-7,10,19H,3,8-9H2;1-7H;1-7,16H;1-7,14H;1-7,14H,12H2. The number of anilines is 1. The number of aromatic nitrogens is 9. The second kappa shape index (κ2) is 43.4. The summed E-state index contributed by atoms with van der Waals surface area (Å²) in [6.45, 7) is 0.604. The normalized spacial score (nSPS) is 10.3. The van der Waals surface area contributed by atoms with Gasteiger partial charge in [-0.2, -0.15) is 4.39 Å². The number of Topliss-reactive ketones (excluding diaryl/α,β-unsaturated/α-hetero) is 1. The van der Waals surface area contributed by atoms with Gasteiger partial charge in [-0.25, -0.2) is 4.68 Å². The number of nitro groups is 2. The van der Waals surface area contributed by atoms with Gasteiger partial charge in [-0.15, -0.1) is 16.4 Å². The van der Waals surface area contributed by atoms with Crippen molar-refractivity contribution < 1.29 is 54.0 Å². The number of ether oxygens (including phenoxy) is 2. The smallest absolute Gasteiger partial charge is 0.310 e. The summed E-state index contributed by atoms with van der Waals surface area (Å²) < 4.78 is 35.1. The van der Waals surface area contributed by atoms with Crippen LogP contribution in [0.25, 0.3) is 60.7 Å². The van der Waals surface area contributed by atoms with Crippen LogP contribution in [-0.4, -0.2) is 110 Å². The van der Waals surface area contributed by atoms with Crippen molar-refractivity contribution in [2.45, 2.75) is 25.7 Å². The van der Waals surface area contributed by atoms with Gasteiger partial charge in [-0.1, -0.05) is 63.4 Å². The molecule has 8 heterocycles. The number of carbonyl (C=O) groups excluding carboxylic acids is 1. The van der Waals surface area contributed by atoms with Crippen LogP contribution in [0.1, 0.15) is 34.6 Å². The lowest BCUT2D eigenvalue weighted by Crippen LogP contribution is -2.16. The minimum absolute atomic E-state index is 0.00409. The van der Waals surface area contributed by atoms with E-state index in [4.69, 9.17) is 48.1 Å². The van der Waals surface area contributed by atoms with Crippen molar-refractivity contribution in [3.8, 4) is 68.6 Å². The highest BCUT2D eigenvalue weighted by atomic mass is 35.5. The molecule has 8 aromatic heterocycles.